The first-order valence-corrected chi connectivity index (χ1v) is 5.06. The number of oxazole rings is 1. The number of carboxylic acids is 1. The summed E-state index contributed by atoms with van der Waals surface area (Å²) >= 11 is 0. The van der Waals surface area contributed by atoms with E-state index in [1.165, 1.54) is 14.2 Å². The molecule has 6 heteroatoms. The molecule has 1 heterocycles. The van der Waals surface area contributed by atoms with Crippen LogP contribution in [0.4, 0.5) is 0 Å². The van der Waals surface area contributed by atoms with Crippen molar-refractivity contribution in [3.63, 3.8) is 0 Å². The maximum Gasteiger partial charge on any atom is 0.374 e. The molecule has 6 nitrogen and oxygen atoms in total. The number of aromatic carboxylic acids is 1. The van der Waals surface area contributed by atoms with Gasteiger partial charge in [0, 0.05) is 5.56 Å². The molecule has 0 atom stereocenters. The van der Waals surface area contributed by atoms with Gasteiger partial charge in [-0.05, 0) is 18.2 Å². The second kappa shape index (κ2) is 4.79. The SMILES string of the molecule is COc1ccc(-c2ncoc2C(=O)O)cc1OC. The van der Waals surface area contributed by atoms with Crippen molar-refractivity contribution in [2.24, 2.45) is 0 Å². The number of methoxy groups -OCH3 is 2. The van der Waals surface area contributed by atoms with E-state index in [1.807, 2.05) is 0 Å². The molecule has 0 unspecified atom stereocenters. The third-order valence-electron chi connectivity index (χ3n) is 2.42. The van der Waals surface area contributed by atoms with E-state index in [9.17, 15) is 4.79 Å². The van der Waals surface area contributed by atoms with E-state index in [1.54, 1.807) is 18.2 Å². The zero-order valence-corrected chi connectivity index (χ0v) is 9.84. The molecule has 0 spiro atoms. The normalized spacial score (nSPS) is 10.1. The van der Waals surface area contributed by atoms with Crippen LogP contribution in [0.1, 0.15) is 10.6 Å². The number of hydrogen-bond donors (Lipinski definition) is 1. The fourth-order valence-corrected chi connectivity index (χ4v) is 1.59. The van der Waals surface area contributed by atoms with E-state index in [2.05, 4.69) is 4.98 Å². The van der Waals surface area contributed by atoms with Gasteiger partial charge in [-0.25, -0.2) is 9.78 Å². The van der Waals surface area contributed by atoms with Gasteiger partial charge in [0.25, 0.3) is 0 Å². The molecule has 2 aromatic rings. The van der Waals surface area contributed by atoms with Gasteiger partial charge < -0.3 is 19.0 Å². The summed E-state index contributed by atoms with van der Waals surface area (Å²) in [7, 11) is 3.03. The van der Waals surface area contributed by atoms with Crippen molar-refractivity contribution in [1.82, 2.24) is 4.98 Å². The molecule has 0 aliphatic heterocycles. The molecule has 0 aliphatic carbocycles. The smallest absolute Gasteiger partial charge is 0.374 e. The average molecular weight is 249 g/mol. The number of ether oxygens (including phenoxy) is 2. The summed E-state index contributed by atoms with van der Waals surface area (Å²) in [5.74, 6) is -0.324. The van der Waals surface area contributed by atoms with E-state index in [-0.39, 0.29) is 11.5 Å². The van der Waals surface area contributed by atoms with Crippen molar-refractivity contribution >= 4 is 5.97 Å². The first kappa shape index (κ1) is 12.0. The Bertz CT molecular complexity index is 576. The maximum absolute atomic E-state index is 10.9. The fourth-order valence-electron chi connectivity index (χ4n) is 1.59. The Balaban J connectivity index is 2.51. The number of carboxylic acid groups (broad SMARTS) is 1. The average Bonchev–Trinajstić information content (AvgIpc) is 2.87. The predicted octanol–water partition coefficient (Wildman–Crippen LogP) is 2.06. The van der Waals surface area contributed by atoms with Gasteiger partial charge in [0.2, 0.25) is 5.76 Å². The Morgan fingerprint density at radius 2 is 2.00 bits per heavy atom. The molecule has 0 radical (unpaired) electrons. The van der Waals surface area contributed by atoms with Gasteiger partial charge >= 0.3 is 5.97 Å². The summed E-state index contributed by atoms with van der Waals surface area (Å²) in [5.41, 5.74) is 0.835. The Hall–Kier alpha value is -2.50. The largest absolute Gasteiger partial charge is 0.493 e. The molecule has 0 fully saturated rings. The number of carbonyl (C=O) groups is 1. The molecule has 1 N–H and O–H groups in total. The van der Waals surface area contributed by atoms with Crippen LogP contribution in [-0.4, -0.2) is 30.3 Å². The Morgan fingerprint density at radius 3 is 2.61 bits per heavy atom. The van der Waals surface area contributed by atoms with Crippen LogP contribution in [0.2, 0.25) is 0 Å². The molecule has 0 saturated heterocycles. The summed E-state index contributed by atoms with van der Waals surface area (Å²) < 4.78 is 15.1. The first-order valence-electron chi connectivity index (χ1n) is 5.06. The van der Waals surface area contributed by atoms with Crippen molar-refractivity contribution in [3.05, 3.63) is 30.4 Å². The number of aromatic nitrogens is 1. The lowest BCUT2D eigenvalue weighted by molar-refractivity contribution is 0.0663. The van der Waals surface area contributed by atoms with Crippen LogP contribution in [0, 0.1) is 0 Å². The third kappa shape index (κ3) is 2.00. The standard InChI is InChI=1S/C12H11NO5/c1-16-8-4-3-7(5-9(8)17-2)10-11(12(14)15)18-6-13-10/h3-6H,1-2H3,(H,14,15). The van der Waals surface area contributed by atoms with Gasteiger partial charge in [0.05, 0.1) is 14.2 Å². The van der Waals surface area contributed by atoms with Crippen molar-refractivity contribution in [1.29, 1.82) is 0 Å². The van der Waals surface area contributed by atoms with Gasteiger partial charge in [-0.15, -0.1) is 0 Å². The zero-order chi connectivity index (χ0) is 13.1. The van der Waals surface area contributed by atoms with Gasteiger partial charge in [0.1, 0.15) is 5.69 Å². The predicted molar refractivity (Wildman–Crippen MR) is 62.0 cm³/mol. The zero-order valence-electron chi connectivity index (χ0n) is 9.84. The van der Waals surface area contributed by atoms with E-state index in [0.717, 1.165) is 6.39 Å². The number of nitrogens with zero attached hydrogens (tertiary/aromatic N) is 1. The van der Waals surface area contributed by atoms with Crippen LogP contribution in [0.5, 0.6) is 11.5 Å². The maximum atomic E-state index is 10.9. The minimum Gasteiger partial charge on any atom is -0.493 e. The number of rotatable bonds is 4. The number of hydrogen-bond acceptors (Lipinski definition) is 5. The van der Waals surface area contributed by atoms with E-state index in [0.29, 0.717) is 17.1 Å². The van der Waals surface area contributed by atoms with Crippen LogP contribution in [-0.2, 0) is 0 Å². The van der Waals surface area contributed by atoms with Crippen molar-refractivity contribution in [3.8, 4) is 22.8 Å². The second-order valence-corrected chi connectivity index (χ2v) is 3.41. The molecule has 2 rings (SSSR count). The summed E-state index contributed by atoms with van der Waals surface area (Å²) in [6.45, 7) is 0. The lowest BCUT2D eigenvalue weighted by Gasteiger charge is -2.08. The van der Waals surface area contributed by atoms with Gasteiger partial charge in [-0.3, -0.25) is 0 Å². The molecule has 0 amide bonds. The first-order chi connectivity index (χ1) is 8.67. The topological polar surface area (TPSA) is 81.8 Å². The fraction of sp³-hybridized carbons (Fsp3) is 0.167. The Labute approximate surface area is 103 Å². The van der Waals surface area contributed by atoms with E-state index in [4.69, 9.17) is 19.0 Å². The lowest BCUT2D eigenvalue weighted by atomic mass is 10.1. The van der Waals surface area contributed by atoms with Crippen LogP contribution < -0.4 is 9.47 Å². The minimum atomic E-state index is -1.17. The summed E-state index contributed by atoms with van der Waals surface area (Å²) in [6.07, 6.45) is 1.09. The Kier molecular flexibility index (Phi) is 3.18. The highest BCUT2D eigenvalue weighted by atomic mass is 16.5. The molecular formula is C12H11NO5. The van der Waals surface area contributed by atoms with Crippen LogP contribution in [0.15, 0.2) is 29.0 Å². The molecule has 1 aromatic heterocycles. The molecule has 18 heavy (non-hydrogen) atoms. The van der Waals surface area contributed by atoms with Gasteiger partial charge in [0.15, 0.2) is 17.9 Å². The second-order valence-electron chi connectivity index (χ2n) is 3.41. The highest BCUT2D eigenvalue weighted by Gasteiger charge is 2.18. The van der Waals surface area contributed by atoms with Crippen LogP contribution >= 0.6 is 0 Å². The Morgan fingerprint density at radius 1 is 1.28 bits per heavy atom. The molecule has 0 aliphatic rings. The third-order valence-corrected chi connectivity index (χ3v) is 2.42. The van der Waals surface area contributed by atoms with E-state index >= 15 is 0 Å². The highest BCUT2D eigenvalue weighted by Crippen LogP contribution is 2.32. The molecular weight excluding hydrogens is 238 g/mol. The monoisotopic (exact) mass is 249 g/mol. The van der Waals surface area contributed by atoms with Crippen molar-refractivity contribution in [2.75, 3.05) is 14.2 Å². The summed E-state index contributed by atoms with van der Waals surface area (Å²) in [4.78, 5) is 14.8. The summed E-state index contributed by atoms with van der Waals surface area (Å²) in [6, 6.07) is 5.00. The molecule has 0 saturated carbocycles. The quantitative estimate of drug-likeness (QED) is 0.893. The number of benzene rings is 1. The highest BCUT2D eigenvalue weighted by molar-refractivity contribution is 5.91. The van der Waals surface area contributed by atoms with Crippen molar-refractivity contribution in [2.45, 2.75) is 0 Å². The van der Waals surface area contributed by atoms with Gasteiger partial charge in [-0.2, -0.15) is 0 Å². The summed E-state index contributed by atoms with van der Waals surface area (Å²) in [5, 5.41) is 8.95. The minimum absolute atomic E-state index is 0.206. The van der Waals surface area contributed by atoms with Crippen LogP contribution in [0.3, 0.4) is 0 Å². The van der Waals surface area contributed by atoms with Crippen molar-refractivity contribution < 1.29 is 23.8 Å². The van der Waals surface area contributed by atoms with E-state index < -0.39 is 5.97 Å². The molecule has 0 bridgehead atoms. The van der Waals surface area contributed by atoms with Gasteiger partial charge in [-0.1, -0.05) is 0 Å². The molecule has 1 aromatic carbocycles. The van der Waals surface area contributed by atoms with Crippen LogP contribution in [0.25, 0.3) is 11.3 Å². The molecule has 94 valence electrons. The lowest BCUT2D eigenvalue weighted by Crippen LogP contribution is -1.97.